The number of hydrogen-bond acceptors (Lipinski definition) is 5. The second-order valence-corrected chi connectivity index (χ2v) is 9.06. The number of nitrogens with one attached hydrogen (secondary N) is 1. The predicted molar refractivity (Wildman–Crippen MR) is 127 cm³/mol. The SMILES string of the molecule is C[C@@H](Nc1ccnc2cnc(C3(O)CCN(C(=O)N(C)C)CC3)cc12)c1cccc(C(F)F)c1F. The highest BCUT2D eigenvalue weighted by Crippen LogP contribution is 2.35. The van der Waals surface area contributed by atoms with Crippen molar-refractivity contribution in [2.75, 3.05) is 32.5 Å². The highest BCUT2D eigenvalue weighted by molar-refractivity contribution is 5.91. The molecule has 1 saturated heterocycles. The van der Waals surface area contributed by atoms with Gasteiger partial charge in [0.15, 0.2) is 0 Å². The first-order chi connectivity index (χ1) is 16.6. The van der Waals surface area contributed by atoms with Crippen LogP contribution in [0.1, 0.15) is 49.1 Å². The van der Waals surface area contributed by atoms with Crippen LogP contribution in [-0.4, -0.2) is 58.1 Å². The number of carbonyl (C=O) groups excluding carboxylic acids is 1. The van der Waals surface area contributed by atoms with Gasteiger partial charge in [0.1, 0.15) is 11.4 Å². The summed E-state index contributed by atoms with van der Waals surface area (Å²) in [4.78, 5) is 24.2. The van der Waals surface area contributed by atoms with Gasteiger partial charge in [-0.3, -0.25) is 9.97 Å². The van der Waals surface area contributed by atoms with Crippen molar-refractivity contribution in [1.82, 2.24) is 19.8 Å². The number of urea groups is 1. The lowest BCUT2D eigenvalue weighted by Crippen LogP contribution is -2.48. The van der Waals surface area contributed by atoms with Crippen LogP contribution in [-0.2, 0) is 5.60 Å². The van der Waals surface area contributed by atoms with Gasteiger partial charge in [0.05, 0.1) is 29.0 Å². The Morgan fingerprint density at radius 3 is 2.51 bits per heavy atom. The van der Waals surface area contributed by atoms with Crippen molar-refractivity contribution in [2.24, 2.45) is 0 Å². The maximum absolute atomic E-state index is 14.7. The van der Waals surface area contributed by atoms with Crippen molar-refractivity contribution in [2.45, 2.75) is 37.8 Å². The first-order valence-corrected chi connectivity index (χ1v) is 11.4. The summed E-state index contributed by atoms with van der Waals surface area (Å²) in [6.45, 7) is 2.47. The number of fused-ring (bicyclic) bond motifs is 1. The van der Waals surface area contributed by atoms with Crippen molar-refractivity contribution in [3.05, 3.63) is 65.4 Å². The fraction of sp³-hybridized carbons (Fsp3) is 0.400. The van der Waals surface area contributed by atoms with Crippen LogP contribution in [0.5, 0.6) is 0 Å². The topological polar surface area (TPSA) is 81.6 Å². The minimum Gasteiger partial charge on any atom is -0.383 e. The summed E-state index contributed by atoms with van der Waals surface area (Å²) in [5.74, 6) is -0.934. The smallest absolute Gasteiger partial charge is 0.319 e. The maximum atomic E-state index is 14.7. The van der Waals surface area contributed by atoms with Crippen LogP contribution in [0.4, 0.5) is 23.7 Å². The second kappa shape index (κ2) is 9.69. The molecule has 3 aromatic rings. The van der Waals surface area contributed by atoms with Crippen LogP contribution in [0.25, 0.3) is 10.9 Å². The Morgan fingerprint density at radius 1 is 1.17 bits per heavy atom. The van der Waals surface area contributed by atoms with E-state index in [2.05, 4.69) is 15.3 Å². The van der Waals surface area contributed by atoms with Gasteiger partial charge in [-0.15, -0.1) is 0 Å². The van der Waals surface area contributed by atoms with E-state index in [0.717, 1.165) is 6.07 Å². The molecule has 0 saturated carbocycles. The van der Waals surface area contributed by atoms with Crippen molar-refractivity contribution in [1.29, 1.82) is 0 Å². The summed E-state index contributed by atoms with van der Waals surface area (Å²) in [6, 6.07) is 6.69. The van der Waals surface area contributed by atoms with E-state index >= 15 is 0 Å². The molecule has 0 spiro atoms. The Hall–Kier alpha value is -3.40. The van der Waals surface area contributed by atoms with Crippen molar-refractivity contribution in [3.8, 4) is 0 Å². The molecule has 10 heteroatoms. The third kappa shape index (κ3) is 4.88. The number of carbonyl (C=O) groups is 1. The summed E-state index contributed by atoms with van der Waals surface area (Å²) in [5.41, 5.74) is -0.0969. The number of halogens is 3. The number of pyridine rings is 2. The summed E-state index contributed by atoms with van der Waals surface area (Å²) >= 11 is 0. The average Bonchev–Trinajstić information content (AvgIpc) is 2.83. The summed E-state index contributed by atoms with van der Waals surface area (Å²) in [7, 11) is 3.37. The Bertz CT molecular complexity index is 1230. The predicted octanol–water partition coefficient (Wildman–Crippen LogP) is 4.84. The summed E-state index contributed by atoms with van der Waals surface area (Å²) in [6.07, 6.45) is 0.892. The quantitative estimate of drug-likeness (QED) is 0.538. The number of nitrogens with zero attached hydrogens (tertiary/aromatic N) is 4. The lowest BCUT2D eigenvalue weighted by molar-refractivity contribution is -0.0221. The number of hydrogen-bond donors (Lipinski definition) is 2. The lowest BCUT2D eigenvalue weighted by atomic mass is 9.87. The number of likely N-dealkylation sites (tertiary alicyclic amines) is 1. The van der Waals surface area contributed by atoms with Crippen LogP contribution in [0, 0.1) is 5.82 Å². The van der Waals surface area contributed by atoms with E-state index in [9.17, 15) is 23.1 Å². The molecule has 3 heterocycles. The van der Waals surface area contributed by atoms with Gasteiger partial charge in [-0.1, -0.05) is 18.2 Å². The molecule has 7 nitrogen and oxygen atoms in total. The molecule has 1 aromatic carbocycles. The van der Waals surface area contributed by atoms with Crippen molar-refractivity contribution >= 4 is 22.6 Å². The van der Waals surface area contributed by atoms with E-state index in [4.69, 9.17) is 0 Å². The monoisotopic (exact) mass is 487 g/mol. The Balaban J connectivity index is 1.61. The van der Waals surface area contributed by atoms with Crippen molar-refractivity contribution in [3.63, 3.8) is 0 Å². The van der Waals surface area contributed by atoms with E-state index in [1.165, 1.54) is 17.0 Å². The zero-order valence-corrected chi connectivity index (χ0v) is 19.8. The standard InChI is InChI=1S/C25H28F3N5O2/c1-15(16-5-4-6-17(22(16)26)23(27)28)31-19-7-10-29-20-14-30-21(13-18(19)20)25(35)8-11-33(12-9-25)24(34)32(2)3/h4-7,10,13-15,23,35H,8-9,11-12H2,1-3H3,(H,29,31)/t15-/m1/s1. The molecule has 2 amide bonds. The summed E-state index contributed by atoms with van der Waals surface area (Å²) < 4.78 is 41.0. The van der Waals surface area contributed by atoms with Gasteiger partial charge >= 0.3 is 6.03 Å². The van der Waals surface area contributed by atoms with Crippen LogP contribution >= 0.6 is 0 Å². The van der Waals surface area contributed by atoms with Crippen LogP contribution in [0.2, 0.25) is 0 Å². The van der Waals surface area contributed by atoms with Crippen LogP contribution < -0.4 is 5.32 Å². The van der Waals surface area contributed by atoms with Gasteiger partial charge < -0.3 is 20.2 Å². The molecule has 0 radical (unpaired) electrons. The van der Waals surface area contributed by atoms with E-state index in [-0.39, 0.29) is 11.6 Å². The minimum atomic E-state index is -2.90. The average molecular weight is 488 g/mol. The van der Waals surface area contributed by atoms with Gasteiger partial charge in [0.25, 0.3) is 6.43 Å². The molecule has 186 valence electrons. The molecule has 4 rings (SSSR count). The Labute approximate surface area is 201 Å². The molecule has 1 aliphatic rings. The lowest BCUT2D eigenvalue weighted by Gasteiger charge is -2.38. The Morgan fingerprint density at radius 2 is 1.86 bits per heavy atom. The number of alkyl halides is 2. The summed E-state index contributed by atoms with van der Waals surface area (Å²) in [5, 5.41) is 15.2. The van der Waals surface area contributed by atoms with Gasteiger partial charge in [-0.05, 0) is 31.9 Å². The zero-order chi connectivity index (χ0) is 25.3. The maximum Gasteiger partial charge on any atom is 0.319 e. The van der Waals surface area contributed by atoms with Gasteiger partial charge in [-0.2, -0.15) is 0 Å². The van der Waals surface area contributed by atoms with Gasteiger partial charge in [0, 0.05) is 50.0 Å². The van der Waals surface area contributed by atoms with Gasteiger partial charge in [-0.25, -0.2) is 18.0 Å². The fourth-order valence-electron chi connectivity index (χ4n) is 4.42. The number of amides is 2. The largest absolute Gasteiger partial charge is 0.383 e. The highest BCUT2D eigenvalue weighted by atomic mass is 19.3. The third-order valence-corrected chi connectivity index (χ3v) is 6.48. The van der Waals surface area contributed by atoms with E-state index in [0.29, 0.717) is 48.2 Å². The first-order valence-electron chi connectivity index (χ1n) is 11.4. The molecule has 1 atom stereocenters. The normalized spacial score (nSPS) is 16.4. The number of aliphatic hydroxyl groups is 1. The zero-order valence-electron chi connectivity index (χ0n) is 19.8. The molecular formula is C25H28F3N5O2. The van der Waals surface area contributed by atoms with E-state index < -0.39 is 29.4 Å². The molecule has 35 heavy (non-hydrogen) atoms. The van der Waals surface area contributed by atoms with Crippen LogP contribution in [0.3, 0.4) is 0 Å². The molecule has 0 aliphatic carbocycles. The third-order valence-electron chi connectivity index (χ3n) is 6.48. The number of anilines is 1. The minimum absolute atomic E-state index is 0.105. The fourth-order valence-corrected chi connectivity index (χ4v) is 4.42. The van der Waals surface area contributed by atoms with Crippen LogP contribution in [0.15, 0.2) is 42.7 Å². The molecular weight excluding hydrogens is 459 g/mol. The van der Waals surface area contributed by atoms with Crippen molar-refractivity contribution < 1.29 is 23.1 Å². The van der Waals surface area contributed by atoms with E-state index in [1.807, 2.05) is 0 Å². The first kappa shape index (κ1) is 24.7. The van der Waals surface area contributed by atoms with E-state index in [1.54, 1.807) is 50.4 Å². The molecule has 1 fully saturated rings. The van der Waals surface area contributed by atoms with Gasteiger partial charge in [0.2, 0.25) is 0 Å². The Kier molecular flexibility index (Phi) is 6.84. The number of aromatic nitrogens is 2. The molecule has 1 aliphatic heterocycles. The molecule has 0 unspecified atom stereocenters. The molecule has 2 aromatic heterocycles. The highest BCUT2D eigenvalue weighted by Gasteiger charge is 2.37. The number of benzene rings is 1. The number of rotatable bonds is 5. The molecule has 2 N–H and O–H groups in total. The molecule has 0 bridgehead atoms. The second-order valence-electron chi connectivity index (χ2n) is 9.06. The number of piperidine rings is 1.